The zero-order valence-corrected chi connectivity index (χ0v) is 9.99. The van der Waals surface area contributed by atoms with E-state index in [1.54, 1.807) is 6.92 Å². The maximum Gasteiger partial charge on any atom is 0.237 e. The van der Waals surface area contributed by atoms with Crippen molar-refractivity contribution in [2.24, 2.45) is 0 Å². The Morgan fingerprint density at radius 3 is 2.38 bits per heavy atom. The molecule has 1 rings (SSSR count). The Balaban J connectivity index is 2.45. The standard InChI is InChI=1S/C11H22N2O3/c1-3-11(6-14,7-15)13-8(2)10(16)12-9-4-5-9/h8-9,13-15H,3-7H2,1-2H3,(H,12,16). The van der Waals surface area contributed by atoms with E-state index in [-0.39, 0.29) is 19.1 Å². The lowest BCUT2D eigenvalue weighted by Gasteiger charge is -2.32. The van der Waals surface area contributed by atoms with Crippen LogP contribution in [0, 0.1) is 0 Å². The first kappa shape index (κ1) is 13.4. The average molecular weight is 230 g/mol. The summed E-state index contributed by atoms with van der Waals surface area (Å²) in [5.41, 5.74) is -0.764. The first-order chi connectivity index (χ1) is 7.56. The van der Waals surface area contributed by atoms with Gasteiger partial charge in [0.15, 0.2) is 0 Å². The van der Waals surface area contributed by atoms with Crippen molar-refractivity contribution in [2.75, 3.05) is 13.2 Å². The van der Waals surface area contributed by atoms with E-state index in [1.165, 1.54) is 0 Å². The molecule has 5 nitrogen and oxygen atoms in total. The highest BCUT2D eigenvalue weighted by molar-refractivity contribution is 5.81. The number of amides is 1. The van der Waals surface area contributed by atoms with Gasteiger partial charge in [-0.25, -0.2) is 0 Å². The molecule has 1 fully saturated rings. The molecule has 16 heavy (non-hydrogen) atoms. The Hall–Kier alpha value is -0.650. The number of hydrogen-bond donors (Lipinski definition) is 4. The van der Waals surface area contributed by atoms with Crippen LogP contribution in [0.25, 0.3) is 0 Å². The second-order valence-electron chi connectivity index (χ2n) is 4.60. The largest absolute Gasteiger partial charge is 0.394 e. The Kier molecular flexibility index (Phi) is 4.70. The van der Waals surface area contributed by atoms with E-state index in [2.05, 4.69) is 10.6 Å². The molecule has 1 saturated carbocycles. The van der Waals surface area contributed by atoms with Crippen LogP contribution < -0.4 is 10.6 Å². The zero-order chi connectivity index (χ0) is 12.2. The molecule has 1 aliphatic carbocycles. The maximum atomic E-state index is 11.7. The molecule has 4 N–H and O–H groups in total. The second kappa shape index (κ2) is 5.61. The lowest BCUT2D eigenvalue weighted by atomic mass is 9.97. The van der Waals surface area contributed by atoms with E-state index >= 15 is 0 Å². The van der Waals surface area contributed by atoms with Crippen LogP contribution in [0.15, 0.2) is 0 Å². The highest BCUT2D eigenvalue weighted by Crippen LogP contribution is 2.19. The third-order valence-corrected chi connectivity index (χ3v) is 3.12. The predicted octanol–water partition coefficient (Wildman–Crippen LogP) is -0.623. The highest BCUT2D eigenvalue weighted by atomic mass is 16.3. The molecule has 1 amide bonds. The smallest absolute Gasteiger partial charge is 0.237 e. The molecular weight excluding hydrogens is 208 g/mol. The predicted molar refractivity (Wildman–Crippen MR) is 61.0 cm³/mol. The van der Waals surface area contributed by atoms with E-state index in [0.29, 0.717) is 12.5 Å². The summed E-state index contributed by atoms with van der Waals surface area (Å²) < 4.78 is 0. The summed E-state index contributed by atoms with van der Waals surface area (Å²) in [7, 11) is 0. The van der Waals surface area contributed by atoms with Gasteiger partial charge in [0.1, 0.15) is 0 Å². The molecule has 0 aromatic carbocycles. The minimum Gasteiger partial charge on any atom is -0.394 e. The van der Waals surface area contributed by atoms with Gasteiger partial charge in [0.25, 0.3) is 0 Å². The van der Waals surface area contributed by atoms with Crippen LogP contribution in [-0.4, -0.2) is 47.0 Å². The Bertz CT molecular complexity index is 229. The zero-order valence-electron chi connectivity index (χ0n) is 9.99. The first-order valence-electron chi connectivity index (χ1n) is 5.86. The fourth-order valence-electron chi connectivity index (χ4n) is 1.55. The molecule has 0 aromatic heterocycles. The second-order valence-corrected chi connectivity index (χ2v) is 4.60. The Morgan fingerprint density at radius 1 is 1.44 bits per heavy atom. The summed E-state index contributed by atoms with van der Waals surface area (Å²) in [6.07, 6.45) is 2.68. The van der Waals surface area contributed by atoms with Crippen molar-refractivity contribution in [3.8, 4) is 0 Å². The van der Waals surface area contributed by atoms with Crippen molar-refractivity contribution in [1.82, 2.24) is 10.6 Å². The van der Waals surface area contributed by atoms with E-state index in [4.69, 9.17) is 0 Å². The molecule has 1 atom stereocenters. The maximum absolute atomic E-state index is 11.7. The van der Waals surface area contributed by atoms with Gasteiger partial charge in [0.05, 0.1) is 24.8 Å². The van der Waals surface area contributed by atoms with Crippen molar-refractivity contribution < 1.29 is 15.0 Å². The van der Waals surface area contributed by atoms with Crippen LogP contribution in [0.5, 0.6) is 0 Å². The molecule has 0 radical (unpaired) electrons. The number of rotatable bonds is 7. The lowest BCUT2D eigenvalue weighted by molar-refractivity contribution is -0.123. The van der Waals surface area contributed by atoms with Crippen molar-refractivity contribution in [2.45, 2.75) is 50.7 Å². The third-order valence-electron chi connectivity index (χ3n) is 3.12. The fraction of sp³-hybridized carbons (Fsp3) is 0.909. The van der Waals surface area contributed by atoms with Crippen LogP contribution in [0.2, 0.25) is 0 Å². The number of aliphatic hydroxyl groups is 2. The molecule has 0 aromatic rings. The monoisotopic (exact) mass is 230 g/mol. The average Bonchev–Trinajstić information content (AvgIpc) is 3.09. The van der Waals surface area contributed by atoms with E-state index in [1.807, 2.05) is 6.92 Å². The van der Waals surface area contributed by atoms with E-state index < -0.39 is 11.6 Å². The van der Waals surface area contributed by atoms with Gasteiger partial charge in [0.2, 0.25) is 5.91 Å². The van der Waals surface area contributed by atoms with E-state index in [9.17, 15) is 15.0 Å². The summed E-state index contributed by atoms with van der Waals surface area (Å²) in [6, 6.07) is -0.0733. The van der Waals surface area contributed by atoms with Crippen molar-refractivity contribution in [1.29, 1.82) is 0 Å². The molecule has 94 valence electrons. The minimum absolute atomic E-state index is 0.0674. The first-order valence-corrected chi connectivity index (χ1v) is 5.86. The van der Waals surface area contributed by atoms with Crippen molar-refractivity contribution in [3.63, 3.8) is 0 Å². The Morgan fingerprint density at radius 2 is 2.00 bits per heavy atom. The van der Waals surface area contributed by atoms with Crippen molar-refractivity contribution in [3.05, 3.63) is 0 Å². The van der Waals surface area contributed by atoms with Crippen LogP contribution in [-0.2, 0) is 4.79 Å². The molecule has 0 heterocycles. The molecule has 1 unspecified atom stereocenters. The van der Waals surface area contributed by atoms with Gasteiger partial charge in [-0.15, -0.1) is 0 Å². The van der Waals surface area contributed by atoms with Gasteiger partial charge in [-0.3, -0.25) is 10.1 Å². The summed E-state index contributed by atoms with van der Waals surface area (Å²) >= 11 is 0. The van der Waals surface area contributed by atoms with Gasteiger partial charge in [-0.05, 0) is 26.2 Å². The van der Waals surface area contributed by atoms with Crippen LogP contribution in [0.3, 0.4) is 0 Å². The summed E-state index contributed by atoms with van der Waals surface area (Å²) in [4.78, 5) is 11.7. The van der Waals surface area contributed by atoms with Crippen LogP contribution in [0.1, 0.15) is 33.1 Å². The summed E-state index contributed by atoms with van der Waals surface area (Å²) in [6.45, 7) is 3.25. The number of nitrogens with one attached hydrogen (secondary N) is 2. The number of carbonyl (C=O) groups excluding carboxylic acids is 1. The molecule has 5 heteroatoms. The quantitative estimate of drug-likeness (QED) is 0.470. The topological polar surface area (TPSA) is 81.6 Å². The molecule has 0 spiro atoms. The SMILES string of the molecule is CCC(CO)(CO)NC(C)C(=O)NC1CC1. The normalized spacial score (nSPS) is 18.2. The molecule has 0 bridgehead atoms. The van der Waals surface area contributed by atoms with Gasteiger partial charge >= 0.3 is 0 Å². The minimum atomic E-state index is -0.764. The third kappa shape index (κ3) is 3.43. The summed E-state index contributed by atoms with van der Waals surface area (Å²) in [5, 5.41) is 24.4. The van der Waals surface area contributed by atoms with E-state index in [0.717, 1.165) is 12.8 Å². The number of carbonyl (C=O) groups is 1. The number of hydrogen-bond acceptors (Lipinski definition) is 4. The van der Waals surface area contributed by atoms with Gasteiger partial charge < -0.3 is 15.5 Å². The Labute approximate surface area is 96.2 Å². The fourth-order valence-corrected chi connectivity index (χ4v) is 1.55. The van der Waals surface area contributed by atoms with Crippen LogP contribution in [0.4, 0.5) is 0 Å². The van der Waals surface area contributed by atoms with Crippen LogP contribution >= 0.6 is 0 Å². The molecule has 1 aliphatic rings. The van der Waals surface area contributed by atoms with Gasteiger partial charge in [0, 0.05) is 6.04 Å². The lowest BCUT2D eigenvalue weighted by Crippen LogP contribution is -2.58. The van der Waals surface area contributed by atoms with Gasteiger partial charge in [-0.1, -0.05) is 6.92 Å². The number of aliphatic hydroxyl groups excluding tert-OH is 2. The van der Waals surface area contributed by atoms with Gasteiger partial charge in [-0.2, -0.15) is 0 Å². The molecular formula is C11H22N2O3. The highest BCUT2D eigenvalue weighted by Gasteiger charge is 2.32. The molecule has 0 saturated heterocycles. The summed E-state index contributed by atoms with van der Waals surface area (Å²) in [5.74, 6) is -0.0674. The van der Waals surface area contributed by atoms with Crippen molar-refractivity contribution >= 4 is 5.91 Å². The molecule has 0 aliphatic heterocycles.